The van der Waals surface area contributed by atoms with E-state index in [1.54, 1.807) is 49.4 Å². The topological polar surface area (TPSA) is 84.9 Å². The highest BCUT2D eigenvalue weighted by molar-refractivity contribution is 7.97. The lowest BCUT2D eigenvalue weighted by atomic mass is 9.95. The lowest BCUT2D eigenvalue weighted by Gasteiger charge is -2.32. The van der Waals surface area contributed by atoms with Gasteiger partial charge in [0, 0.05) is 23.7 Å². The largest absolute Gasteiger partial charge is 0.497 e. The third kappa shape index (κ3) is 3.93. The monoisotopic (exact) mass is 464 g/mol. The molecule has 0 saturated carbocycles. The highest BCUT2D eigenvalue weighted by atomic mass is 32.2. The van der Waals surface area contributed by atoms with E-state index in [9.17, 15) is 13.2 Å². The summed E-state index contributed by atoms with van der Waals surface area (Å²) in [6, 6.07) is 21.1. The van der Waals surface area contributed by atoms with Gasteiger partial charge in [0.2, 0.25) is 0 Å². The predicted molar refractivity (Wildman–Crippen MR) is 129 cm³/mol. The van der Waals surface area contributed by atoms with Crippen molar-refractivity contribution in [3.05, 3.63) is 88.8 Å². The fraction of sp³-hybridized carbons (Fsp3) is 0.160. The van der Waals surface area contributed by atoms with Crippen molar-refractivity contribution in [2.24, 2.45) is 0 Å². The average Bonchev–Trinajstić information content (AvgIpc) is 2.83. The molecule has 33 heavy (non-hydrogen) atoms. The molecule has 0 fully saturated rings. The molecule has 7 nitrogen and oxygen atoms in total. The Labute approximate surface area is 193 Å². The summed E-state index contributed by atoms with van der Waals surface area (Å²) in [5.74, 6) is 0.154. The SMILES string of the molecule is CCN1c2ccccc2C(c2ccccc2)=C(C(=O)Nc2ccc(OC)cc2OC)S1(=O)=O. The fourth-order valence-electron chi connectivity index (χ4n) is 3.94. The van der Waals surface area contributed by atoms with Crippen LogP contribution in [0.3, 0.4) is 0 Å². The van der Waals surface area contributed by atoms with Crippen molar-refractivity contribution in [3.63, 3.8) is 0 Å². The number of rotatable bonds is 6. The van der Waals surface area contributed by atoms with Gasteiger partial charge in [-0.3, -0.25) is 9.10 Å². The van der Waals surface area contributed by atoms with Gasteiger partial charge in [-0.25, -0.2) is 8.42 Å². The first-order chi connectivity index (χ1) is 15.9. The number of carbonyl (C=O) groups excluding carboxylic acids is 1. The van der Waals surface area contributed by atoms with E-state index in [0.29, 0.717) is 39.6 Å². The number of benzene rings is 3. The zero-order chi connectivity index (χ0) is 23.6. The minimum Gasteiger partial charge on any atom is -0.497 e. The molecular formula is C25H24N2O5S. The van der Waals surface area contributed by atoms with E-state index in [-0.39, 0.29) is 11.4 Å². The Balaban J connectivity index is 1.94. The van der Waals surface area contributed by atoms with E-state index in [4.69, 9.17) is 9.47 Å². The van der Waals surface area contributed by atoms with Crippen LogP contribution < -0.4 is 19.1 Å². The molecule has 1 heterocycles. The molecule has 170 valence electrons. The molecule has 1 N–H and O–H groups in total. The van der Waals surface area contributed by atoms with Gasteiger partial charge < -0.3 is 14.8 Å². The molecule has 8 heteroatoms. The molecule has 0 radical (unpaired) electrons. The minimum atomic E-state index is -4.14. The summed E-state index contributed by atoms with van der Waals surface area (Å²) in [6.07, 6.45) is 0. The van der Waals surface area contributed by atoms with Crippen molar-refractivity contribution in [1.82, 2.24) is 0 Å². The molecule has 0 spiro atoms. The second kappa shape index (κ2) is 8.99. The van der Waals surface area contributed by atoms with Crippen LogP contribution in [0.2, 0.25) is 0 Å². The normalized spacial score (nSPS) is 14.5. The van der Waals surface area contributed by atoms with Crippen LogP contribution >= 0.6 is 0 Å². The second-order valence-corrected chi connectivity index (χ2v) is 9.08. The molecule has 0 saturated heterocycles. The Hall–Kier alpha value is -3.78. The molecule has 3 aromatic carbocycles. The minimum absolute atomic E-state index is 0.185. The summed E-state index contributed by atoms with van der Waals surface area (Å²) >= 11 is 0. The van der Waals surface area contributed by atoms with Crippen molar-refractivity contribution in [1.29, 1.82) is 0 Å². The fourth-order valence-corrected chi connectivity index (χ4v) is 5.69. The van der Waals surface area contributed by atoms with Crippen molar-refractivity contribution in [2.75, 3.05) is 30.4 Å². The number of fused-ring (bicyclic) bond motifs is 1. The van der Waals surface area contributed by atoms with E-state index >= 15 is 0 Å². The van der Waals surface area contributed by atoms with E-state index in [1.165, 1.54) is 18.5 Å². The zero-order valence-corrected chi connectivity index (χ0v) is 19.3. The van der Waals surface area contributed by atoms with Gasteiger partial charge in [-0.2, -0.15) is 0 Å². The van der Waals surface area contributed by atoms with Crippen molar-refractivity contribution >= 4 is 32.9 Å². The molecule has 4 rings (SSSR count). The van der Waals surface area contributed by atoms with Gasteiger partial charge in [-0.15, -0.1) is 0 Å². The quantitative estimate of drug-likeness (QED) is 0.589. The Bertz CT molecular complexity index is 1330. The summed E-state index contributed by atoms with van der Waals surface area (Å²) < 4.78 is 39.3. The Kier molecular flexibility index (Phi) is 6.11. The number of hydrogen-bond acceptors (Lipinski definition) is 5. The first kappa shape index (κ1) is 22.4. The van der Waals surface area contributed by atoms with Gasteiger partial charge >= 0.3 is 0 Å². The lowest BCUT2D eigenvalue weighted by Crippen LogP contribution is -2.39. The zero-order valence-electron chi connectivity index (χ0n) is 18.5. The van der Waals surface area contributed by atoms with Crippen LogP contribution in [0.1, 0.15) is 18.1 Å². The lowest BCUT2D eigenvalue weighted by molar-refractivity contribution is -0.112. The van der Waals surface area contributed by atoms with Gasteiger partial charge in [0.15, 0.2) is 4.91 Å². The molecule has 0 aliphatic carbocycles. The Morgan fingerprint density at radius 1 is 0.939 bits per heavy atom. The molecule has 0 atom stereocenters. The molecule has 1 amide bonds. The summed E-state index contributed by atoms with van der Waals surface area (Å²) in [4.78, 5) is 13.3. The maximum absolute atomic E-state index is 13.7. The van der Waals surface area contributed by atoms with Gasteiger partial charge in [-0.05, 0) is 30.7 Å². The molecule has 1 aliphatic rings. The van der Waals surface area contributed by atoms with Crippen LogP contribution in [0.5, 0.6) is 11.5 Å². The molecular weight excluding hydrogens is 440 g/mol. The molecule has 0 bridgehead atoms. The maximum atomic E-state index is 13.7. The highest BCUT2D eigenvalue weighted by Crippen LogP contribution is 2.43. The van der Waals surface area contributed by atoms with Crippen LogP contribution in [-0.2, 0) is 14.8 Å². The van der Waals surface area contributed by atoms with Crippen LogP contribution in [0.4, 0.5) is 11.4 Å². The van der Waals surface area contributed by atoms with Crippen molar-refractivity contribution in [2.45, 2.75) is 6.92 Å². The number of para-hydroxylation sites is 1. The van der Waals surface area contributed by atoms with Crippen LogP contribution in [0, 0.1) is 0 Å². The van der Waals surface area contributed by atoms with Crippen LogP contribution in [0.25, 0.3) is 5.57 Å². The molecule has 0 aromatic heterocycles. The second-order valence-electron chi connectivity index (χ2n) is 7.28. The molecule has 0 unspecified atom stereocenters. The smallest absolute Gasteiger partial charge is 0.270 e. The average molecular weight is 465 g/mol. The van der Waals surface area contributed by atoms with Crippen molar-refractivity contribution < 1.29 is 22.7 Å². The summed E-state index contributed by atoms with van der Waals surface area (Å²) in [5, 5.41) is 2.73. The first-order valence-corrected chi connectivity index (χ1v) is 11.8. The van der Waals surface area contributed by atoms with Crippen LogP contribution in [0.15, 0.2) is 77.7 Å². The van der Waals surface area contributed by atoms with E-state index < -0.39 is 15.9 Å². The third-order valence-corrected chi connectivity index (χ3v) is 7.37. The number of nitrogens with one attached hydrogen (secondary N) is 1. The van der Waals surface area contributed by atoms with Gasteiger partial charge in [0.05, 0.1) is 25.6 Å². The summed E-state index contributed by atoms with van der Waals surface area (Å²) in [6.45, 7) is 1.92. The Morgan fingerprint density at radius 2 is 1.64 bits per heavy atom. The number of methoxy groups -OCH3 is 2. The standard InChI is InChI=1S/C25H24N2O5S/c1-4-27-21-13-9-8-12-19(21)23(17-10-6-5-7-11-17)24(33(27,29)30)25(28)26-20-15-14-18(31-2)16-22(20)32-3/h5-16H,4H2,1-3H3,(H,26,28). The number of anilines is 2. The number of carbonyl (C=O) groups is 1. The highest BCUT2D eigenvalue weighted by Gasteiger charge is 2.40. The van der Waals surface area contributed by atoms with E-state index in [2.05, 4.69) is 5.32 Å². The third-order valence-electron chi connectivity index (χ3n) is 5.43. The molecule has 3 aromatic rings. The Morgan fingerprint density at radius 3 is 2.30 bits per heavy atom. The van der Waals surface area contributed by atoms with Gasteiger partial charge in [-0.1, -0.05) is 48.5 Å². The number of nitrogens with zero attached hydrogens (tertiary/aromatic N) is 1. The number of sulfonamides is 1. The predicted octanol–water partition coefficient (Wildman–Crippen LogP) is 4.27. The van der Waals surface area contributed by atoms with Gasteiger partial charge in [0.1, 0.15) is 11.5 Å². The van der Waals surface area contributed by atoms with E-state index in [1.807, 2.05) is 30.3 Å². The summed E-state index contributed by atoms with van der Waals surface area (Å²) in [5.41, 5.74) is 2.54. The van der Waals surface area contributed by atoms with Crippen molar-refractivity contribution in [3.8, 4) is 11.5 Å². The number of hydrogen-bond donors (Lipinski definition) is 1. The van der Waals surface area contributed by atoms with Crippen LogP contribution in [-0.4, -0.2) is 35.1 Å². The maximum Gasteiger partial charge on any atom is 0.270 e. The number of ether oxygens (including phenoxy) is 2. The number of amides is 1. The summed E-state index contributed by atoms with van der Waals surface area (Å²) in [7, 11) is -1.15. The first-order valence-electron chi connectivity index (χ1n) is 10.4. The van der Waals surface area contributed by atoms with E-state index in [0.717, 1.165) is 0 Å². The van der Waals surface area contributed by atoms with Gasteiger partial charge in [0.25, 0.3) is 15.9 Å². The molecule has 1 aliphatic heterocycles.